The number of aromatic nitrogens is 2. The molecule has 4 nitrogen and oxygen atoms in total. The van der Waals surface area contributed by atoms with E-state index in [0.29, 0.717) is 6.54 Å². The number of hydrogen-bond acceptors (Lipinski definition) is 3. The zero-order chi connectivity index (χ0) is 16.4. The van der Waals surface area contributed by atoms with Crippen molar-refractivity contribution in [3.63, 3.8) is 0 Å². The number of fused-ring (bicyclic) bond motifs is 1. The van der Waals surface area contributed by atoms with Gasteiger partial charge < -0.3 is 9.88 Å². The molecule has 3 rings (SSSR count). The second kappa shape index (κ2) is 6.54. The topological polar surface area (TPSA) is 46.9 Å². The van der Waals surface area contributed by atoms with Crippen LogP contribution in [-0.2, 0) is 20.0 Å². The van der Waals surface area contributed by atoms with Gasteiger partial charge in [-0.2, -0.15) is 0 Å². The van der Waals surface area contributed by atoms with Gasteiger partial charge in [-0.1, -0.05) is 25.5 Å². The van der Waals surface area contributed by atoms with Crippen LogP contribution in [0.2, 0.25) is 0 Å². The lowest BCUT2D eigenvalue weighted by Gasteiger charge is -2.04. The van der Waals surface area contributed by atoms with Gasteiger partial charge in [-0.3, -0.25) is 4.79 Å². The standard InChI is InChI=1S/C18H21N3OS/c1-4-7-13-10-16(23-12(13)2)18(22)19-11-17-20-14-8-5-6-9-15(14)21(17)3/h5-6,8-10H,4,7,11H2,1-3H3,(H,19,22). The summed E-state index contributed by atoms with van der Waals surface area (Å²) in [5.74, 6) is 0.842. The third kappa shape index (κ3) is 3.15. The number of rotatable bonds is 5. The summed E-state index contributed by atoms with van der Waals surface area (Å²) in [6, 6.07) is 10.0. The molecule has 2 heterocycles. The number of nitrogens with one attached hydrogen (secondary N) is 1. The number of aryl methyl sites for hydroxylation is 3. The van der Waals surface area contributed by atoms with E-state index in [9.17, 15) is 4.79 Å². The summed E-state index contributed by atoms with van der Waals surface area (Å²) in [5, 5.41) is 2.99. The molecule has 120 valence electrons. The predicted octanol–water partition coefficient (Wildman–Crippen LogP) is 3.83. The molecular formula is C18H21N3OS. The summed E-state index contributed by atoms with van der Waals surface area (Å²) < 4.78 is 2.03. The normalized spacial score (nSPS) is 11.1. The lowest BCUT2D eigenvalue weighted by Crippen LogP contribution is -2.23. The Kier molecular flexibility index (Phi) is 4.48. The van der Waals surface area contributed by atoms with Gasteiger partial charge in [0.2, 0.25) is 0 Å². The molecule has 2 aromatic heterocycles. The molecule has 0 aliphatic heterocycles. The van der Waals surface area contributed by atoms with E-state index in [0.717, 1.165) is 34.6 Å². The minimum Gasteiger partial charge on any atom is -0.344 e. The van der Waals surface area contributed by atoms with E-state index >= 15 is 0 Å². The quantitative estimate of drug-likeness (QED) is 0.774. The highest BCUT2D eigenvalue weighted by Crippen LogP contribution is 2.23. The Morgan fingerprint density at radius 1 is 1.35 bits per heavy atom. The van der Waals surface area contributed by atoms with Crippen molar-refractivity contribution in [2.45, 2.75) is 33.2 Å². The molecule has 5 heteroatoms. The Hall–Kier alpha value is -2.14. The van der Waals surface area contributed by atoms with Gasteiger partial charge in [-0.05, 0) is 37.1 Å². The average Bonchev–Trinajstić information content (AvgIpc) is 3.07. The van der Waals surface area contributed by atoms with Crippen molar-refractivity contribution in [3.8, 4) is 0 Å². The Balaban J connectivity index is 1.73. The van der Waals surface area contributed by atoms with Crippen LogP contribution in [-0.4, -0.2) is 15.5 Å². The van der Waals surface area contributed by atoms with Crippen molar-refractivity contribution in [1.82, 2.24) is 14.9 Å². The zero-order valence-corrected chi connectivity index (χ0v) is 14.5. The van der Waals surface area contributed by atoms with Crippen LogP contribution in [0, 0.1) is 6.92 Å². The highest BCUT2D eigenvalue weighted by Gasteiger charge is 2.13. The fourth-order valence-corrected chi connectivity index (χ4v) is 3.74. The van der Waals surface area contributed by atoms with Crippen LogP contribution in [0.3, 0.4) is 0 Å². The molecule has 0 saturated carbocycles. The SMILES string of the molecule is CCCc1cc(C(=O)NCc2nc3ccccc3n2C)sc1C. The number of para-hydroxylation sites is 2. The zero-order valence-electron chi connectivity index (χ0n) is 13.7. The summed E-state index contributed by atoms with van der Waals surface area (Å²) in [5.41, 5.74) is 3.32. The Morgan fingerprint density at radius 2 is 2.13 bits per heavy atom. The molecule has 0 radical (unpaired) electrons. The number of benzene rings is 1. The van der Waals surface area contributed by atoms with E-state index in [4.69, 9.17) is 0 Å². The van der Waals surface area contributed by atoms with Crippen molar-refractivity contribution >= 4 is 28.3 Å². The van der Waals surface area contributed by atoms with Crippen molar-refractivity contribution < 1.29 is 4.79 Å². The van der Waals surface area contributed by atoms with E-state index in [2.05, 4.69) is 24.1 Å². The van der Waals surface area contributed by atoms with Gasteiger partial charge in [0.05, 0.1) is 22.5 Å². The maximum Gasteiger partial charge on any atom is 0.261 e. The van der Waals surface area contributed by atoms with Crippen LogP contribution in [0.15, 0.2) is 30.3 Å². The number of carbonyl (C=O) groups excluding carboxylic acids is 1. The van der Waals surface area contributed by atoms with Crippen LogP contribution >= 0.6 is 11.3 Å². The maximum absolute atomic E-state index is 12.4. The molecule has 0 spiro atoms. The van der Waals surface area contributed by atoms with Gasteiger partial charge in [0, 0.05) is 11.9 Å². The van der Waals surface area contributed by atoms with Crippen LogP contribution in [0.1, 0.15) is 39.3 Å². The Labute approximate surface area is 140 Å². The predicted molar refractivity (Wildman–Crippen MR) is 94.9 cm³/mol. The number of imidazole rings is 1. The van der Waals surface area contributed by atoms with Crippen LogP contribution in [0.5, 0.6) is 0 Å². The molecular weight excluding hydrogens is 306 g/mol. The molecule has 1 N–H and O–H groups in total. The highest BCUT2D eigenvalue weighted by molar-refractivity contribution is 7.14. The van der Waals surface area contributed by atoms with E-state index in [1.165, 1.54) is 10.4 Å². The Morgan fingerprint density at radius 3 is 2.87 bits per heavy atom. The molecule has 0 fully saturated rings. The first-order valence-corrected chi connectivity index (χ1v) is 8.69. The molecule has 0 bridgehead atoms. The van der Waals surface area contributed by atoms with Gasteiger partial charge in [0.25, 0.3) is 5.91 Å². The Bertz CT molecular complexity index is 847. The summed E-state index contributed by atoms with van der Waals surface area (Å²) in [4.78, 5) is 19.0. The minimum absolute atomic E-state index is 0.0208. The van der Waals surface area contributed by atoms with Gasteiger partial charge in [0.15, 0.2) is 0 Å². The monoisotopic (exact) mass is 327 g/mol. The largest absolute Gasteiger partial charge is 0.344 e. The summed E-state index contributed by atoms with van der Waals surface area (Å²) in [7, 11) is 1.98. The molecule has 1 amide bonds. The number of hydrogen-bond donors (Lipinski definition) is 1. The fourth-order valence-electron chi connectivity index (χ4n) is 2.75. The highest BCUT2D eigenvalue weighted by atomic mass is 32.1. The first-order chi connectivity index (χ1) is 11.1. The number of nitrogens with zero attached hydrogens (tertiary/aromatic N) is 2. The second-order valence-electron chi connectivity index (χ2n) is 5.70. The number of thiophene rings is 1. The first kappa shape index (κ1) is 15.7. The lowest BCUT2D eigenvalue weighted by atomic mass is 10.1. The molecule has 1 aromatic carbocycles. The van der Waals surface area contributed by atoms with E-state index in [-0.39, 0.29) is 5.91 Å². The molecule has 3 aromatic rings. The lowest BCUT2D eigenvalue weighted by molar-refractivity contribution is 0.0953. The van der Waals surface area contributed by atoms with Crippen LogP contribution < -0.4 is 5.32 Å². The molecule has 0 atom stereocenters. The molecule has 0 saturated heterocycles. The molecule has 0 aliphatic carbocycles. The summed E-state index contributed by atoms with van der Waals surface area (Å²) in [6.07, 6.45) is 2.12. The number of carbonyl (C=O) groups is 1. The summed E-state index contributed by atoms with van der Waals surface area (Å²) in [6.45, 7) is 4.67. The second-order valence-corrected chi connectivity index (χ2v) is 6.96. The molecule has 23 heavy (non-hydrogen) atoms. The van der Waals surface area contributed by atoms with Gasteiger partial charge >= 0.3 is 0 Å². The number of amides is 1. The molecule has 0 aliphatic rings. The third-order valence-electron chi connectivity index (χ3n) is 4.05. The van der Waals surface area contributed by atoms with Crippen LogP contribution in [0.25, 0.3) is 11.0 Å². The van der Waals surface area contributed by atoms with E-state index < -0.39 is 0 Å². The van der Waals surface area contributed by atoms with E-state index in [1.54, 1.807) is 11.3 Å². The van der Waals surface area contributed by atoms with Crippen molar-refractivity contribution in [3.05, 3.63) is 51.5 Å². The first-order valence-electron chi connectivity index (χ1n) is 7.88. The van der Waals surface area contributed by atoms with E-state index in [1.807, 2.05) is 41.9 Å². The van der Waals surface area contributed by atoms with Crippen molar-refractivity contribution in [2.75, 3.05) is 0 Å². The van der Waals surface area contributed by atoms with Gasteiger partial charge in [-0.25, -0.2) is 4.98 Å². The summed E-state index contributed by atoms with van der Waals surface area (Å²) >= 11 is 1.57. The maximum atomic E-state index is 12.4. The fraction of sp³-hybridized carbons (Fsp3) is 0.333. The van der Waals surface area contributed by atoms with Gasteiger partial charge in [-0.15, -0.1) is 11.3 Å². The minimum atomic E-state index is -0.0208. The van der Waals surface area contributed by atoms with Crippen molar-refractivity contribution in [2.24, 2.45) is 7.05 Å². The molecule has 0 unspecified atom stereocenters. The van der Waals surface area contributed by atoms with Crippen molar-refractivity contribution in [1.29, 1.82) is 0 Å². The van der Waals surface area contributed by atoms with Crippen LogP contribution in [0.4, 0.5) is 0 Å². The average molecular weight is 327 g/mol. The third-order valence-corrected chi connectivity index (χ3v) is 5.14. The smallest absolute Gasteiger partial charge is 0.261 e. The van der Waals surface area contributed by atoms with Gasteiger partial charge in [0.1, 0.15) is 5.82 Å².